The van der Waals surface area contributed by atoms with Gasteiger partial charge < -0.3 is 19.3 Å². The van der Waals surface area contributed by atoms with Crippen LogP contribution in [0.4, 0.5) is 10.9 Å². The standard InChI is InChI=1S/C18H19N5O3S/c1-25-16-10-15(19-11-20-16)22-5-7-23(8-6-22)18-21-13-4-3-12(17(24)26-2)9-14(13)27-18/h3-4,9-11H,5-8H2,1-2H3. The van der Waals surface area contributed by atoms with Gasteiger partial charge in [0.05, 0.1) is 30.0 Å². The van der Waals surface area contributed by atoms with E-state index in [1.54, 1.807) is 24.5 Å². The van der Waals surface area contributed by atoms with Crippen LogP contribution in [-0.2, 0) is 4.74 Å². The first-order chi connectivity index (χ1) is 13.2. The molecule has 0 saturated carbocycles. The van der Waals surface area contributed by atoms with Crippen molar-refractivity contribution < 1.29 is 14.3 Å². The lowest BCUT2D eigenvalue weighted by molar-refractivity contribution is 0.0601. The average molecular weight is 385 g/mol. The minimum atomic E-state index is -0.333. The monoisotopic (exact) mass is 385 g/mol. The number of hydrogen-bond donors (Lipinski definition) is 0. The van der Waals surface area contributed by atoms with E-state index < -0.39 is 0 Å². The van der Waals surface area contributed by atoms with Gasteiger partial charge in [-0.2, -0.15) is 0 Å². The van der Waals surface area contributed by atoms with Gasteiger partial charge in [0.2, 0.25) is 5.88 Å². The lowest BCUT2D eigenvalue weighted by Crippen LogP contribution is -2.46. The Bertz CT molecular complexity index is 969. The Morgan fingerprint density at radius 3 is 2.59 bits per heavy atom. The summed E-state index contributed by atoms with van der Waals surface area (Å²) in [6, 6.07) is 7.30. The van der Waals surface area contributed by atoms with Gasteiger partial charge in [-0.25, -0.2) is 19.7 Å². The SMILES string of the molecule is COC(=O)c1ccc2nc(N3CCN(c4cc(OC)ncn4)CC3)sc2c1. The Morgan fingerprint density at radius 1 is 1.07 bits per heavy atom. The summed E-state index contributed by atoms with van der Waals surface area (Å²) in [5.74, 6) is 1.10. The first kappa shape index (κ1) is 17.5. The number of esters is 1. The van der Waals surface area contributed by atoms with Gasteiger partial charge in [-0.05, 0) is 18.2 Å². The summed E-state index contributed by atoms with van der Waals surface area (Å²) in [7, 11) is 2.99. The van der Waals surface area contributed by atoms with Crippen LogP contribution in [0.5, 0.6) is 5.88 Å². The average Bonchev–Trinajstić information content (AvgIpc) is 3.16. The van der Waals surface area contributed by atoms with E-state index in [1.165, 1.54) is 13.4 Å². The summed E-state index contributed by atoms with van der Waals surface area (Å²) in [6.45, 7) is 3.36. The summed E-state index contributed by atoms with van der Waals surface area (Å²) >= 11 is 1.59. The molecule has 0 radical (unpaired) electrons. The van der Waals surface area contributed by atoms with E-state index in [-0.39, 0.29) is 5.97 Å². The number of methoxy groups -OCH3 is 2. The van der Waals surface area contributed by atoms with E-state index in [4.69, 9.17) is 14.5 Å². The summed E-state index contributed by atoms with van der Waals surface area (Å²) < 4.78 is 10.9. The summed E-state index contributed by atoms with van der Waals surface area (Å²) in [5.41, 5.74) is 1.44. The molecule has 1 saturated heterocycles. The topological polar surface area (TPSA) is 80.7 Å². The molecule has 4 rings (SSSR count). The molecule has 1 aliphatic rings. The molecule has 1 aliphatic heterocycles. The molecule has 0 atom stereocenters. The number of aromatic nitrogens is 3. The largest absolute Gasteiger partial charge is 0.481 e. The number of thiazole rings is 1. The quantitative estimate of drug-likeness (QED) is 0.633. The molecule has 2 aromatic heterocycles. The molecule has 0 N–H and O–H groups in total. The van der Waals surface area contributed by atoms with Crippen molar-refractivity contribution in [1.29, 1.82) is 0 Å². The molecule has 8 nitrogen and oxygen atoms in total. The maximum atomic E-state index is 11.7. The van der Waals surface area contributed by atoms with Gasteiger partial charge in [-0.3, -0.25) is 0 Å². The van der Waals surface area contributed by atoms with Gasteiger partial charge in [-0.1, -0.05) is 11.3 Å². The molecule has 0 aliphatic carbocycles. The van der Waals surface area contributed by atoms with Crippen LogP contribution in [0.15, 0.2) is 30.6 Å². The van der Waals surface area contributed by atoms with E-state index in [0.717, 1.165) is 47.3 Å². The number of nitrogens with zero attached hydrogens (tertiary/aromatic N) is 5. The highest BCUT2D eigenvalue weighted by molar-refractivity contribution is 7.22. The highest BCUT2D eigenvalue weighted by Gasteiger charge is 2.21. The summed E-state index contributed by atoms with van der Waals surface area (Å²) in [6.07, 6.45) is 1.52. The molecular weight excluding hydrogens is 366 g/mol. The van der Waals surface area contributed by atoms with Gasteiger partial charge in [-0.15, -0.1) is 0 Å². The van der Waals surface area contributed by atoms with E-state index in [2.05, 4.69) is 19.8 Å². The van der Waals surface area contributed by atoms with Crippen LogP contribution in [0, 0.1) is 0 Å². The first-order valence-electron chi connectivity index (χ1n) is 8.53. The van der Waals surface area contributed by atoms with Crippen LogP contribution >= 0.6 is 11.3 Å². The van der Waals surface area contributed by atoms with Crippen LogP contribution < -0.4 is 14.5 Å². The van der Waals surface area contributed by atoms with Crippen molar-refractivity contribution >= 4 is 38.5 Å². The number of carbonyl (C=O) groups is 1. The second-order valence-corrected chi connectivity index (χ2v) is 7.07. The summed E-state index contributed by atoms with van der Waals surface area (Å²) in [4.78, 5) is 29.3. The third kappa shape index (κ3) is 3.50. The number of benzene rings is 1. The molecule has 0 bridgehead atoms. The second-order valence-electron chi connectivity index (χ2n) is 6.06. The second kappa shape index (κ2) is 7.36. The van der Waals surface area contributed by atoms with Gasteiger partial charge in [0.1, 0.15) is 12.1 Å². The Morgan fingerprint density at radius 2 is 1.85 bits per heavy atom. The molecule has 3 heterocycles. The van der Waals surface area contributed by atoms with Crippen molar-refractivity contribution in [3.63, 3.8) is 0 Å². The van der Waals surface area contributed by atoms with Crippen molar-refractivity contribution in [3.8, 4) is 5.88 Å². The van der Waals surface area contributed by atoms with Gasteiger partial charge in [0.15, 0.2) is 5.13 Å². The number of fused-ring (bicyclic) bond motifs is 1. The van der Waals surface area contributed by atoms with Gasteiger partial charge in [0, 0.05) is 32.2 Å². The smallest absolute Gasteiger partial charge is 0.337 e. The lowest BCUT2D eigenvalue weighted by atomic mass is 10.2. The highest BCUT2D eigenvalue weighted by atomic mass is 32.1. The molecule has 140 valence electrons. The zero-order valence-electron chi connectivity index (χ0n) is 15.1. The molecule has 1 fully saturated rings. The molecule has 0 spiro atoms. The van der Waals surface area contributed by atoms with Crippen LogP contribution in [0.1, 0.15) is 10.4 Å². The number of hydrogen-bond acceptors (Lipinski definition) is 9. The minimum absolute atomic E-state index is 0.333. The first-order valence-corrected chi connectivity index (χ1v) is 9.34. The fourth-order valence-electron chi connectivity index (χ4n) is 3.03. The van der Waals surface area contributed by atoms with E-state index in [9.17, 15) is 4.79 Å². The number of rotatable bonds is 4. The molecule has 9 heteroatoms. The maximum Gasteiger partial charge on any atom is 0.337 e. The van der Waals surface area contributed by atoms with Crippen molar-refractivity contribution in [1.82, 2.24) is 15.0 Å². The van der Waals surface area contributed by atoms with Crippen LogP contribution in [0.25, 0.3) is 10.2 Å². The predicted octanol–water partition coefficient (Wildman–Crippen LogP) is 2.21. The number of piperazine rings is 1. The minimum Gasteiger partial charge on any atom is -0.481 e. The predicted molar refractivity (Wildman–Crippen MR) is 104 cm³/mol. The highest BCUT2D eigenvalue weighted by Crippen LogP contribution is 2.30. The van der Waals surface area contributed by atoms with Crippen LogP contribution in [0.3, 0.4) is 0 Å². The lowest BCUT2D eigenvalue weighted by Gasteiger charge is -2.35. The van der Waals surface area contributed by atoms with E-state index in [1.807, 2.05) is 18.2 Å². The molecule has 1 aromatic carbocycles. The third-order valence-electron chi connectivity index (χ3n) is 4.51. The Kier molecular flexibility index (Phi) is 4.76. The van der Waals surface area contributed by atoms with Crippen LogP contribution in [0.2, 0.25) is 0 Å². The van der Waals surface area contributed by atoms with Crippen molar-refractivity contribution in [2.24, 2.45) is 0 Å². The van der Waals surface area contributed by atoms with Crippen molar-refractivity contribution in [2.45, 2.75) is 0 Å². The van der Waals surface area contributed by atoms with Crippen molar-refractivity contribution in [2.75, 3.05) is 50.2 Å². The zero-order valence-corrected chi connectivity index (χ0v) is 15.9. The van der Waals surface area contributed by atoms with E-state index in [0.29, 0.717) is 11.4 Å². The Hall–Kier alpha value is -2.94. The molecule has 0 unspecified atom stereocenters. The fraction of sp³-hybridized carbons (Fsp3) is 0.333. The van der Waals surface area contributed by atoms with E-state index >= 15 is 0 Å². The number of ether oxygens (including phenoxy) is 2. The molecular formula is C18H19N5O3S. The number of carbonyl (C=O) groups excluding carboxylic acids is 1. The number of anilines is 2. The van der Waals surface area contributed by atoms with Crippen LogP contribution in [-0.4, -0.2) is 61.3 Å². The normalized spacial score (nSPS) is 14.4. The van der Waals surface area contributed by atoms with Gasteiger partial charge in [0.25, 0.3) is 0 Å². The molecule has 27 heavy (non-hydrogen) atoms. The molecule has 0 amide bonds. The molecule has 3 aromatic rings. The zero-order chi connectivity index (χ0) is 18.8. The summed E-state index contributed by atoms with van der Waals surface area (Å²) in [5, 5.41) is 0.965. The maximum absolute atomic E-state index is 11.7. The fourth-order valence-corrected chi connectivity index (χ4v) is 4.09. The Labute approximate surface area is 160 Å². The van der Waals surface area contributed by atoms with Crippen molar-refractivity contribution in [3.05, 3.63) is 36.2 Å². The van der Waals surface area contributed by atoms with Gasteiger partial charge >= 0.3 is 5.97 Å². The third-order valence-corrected chi connectivity index (χ3v) is 5.59. The Balaban J connectivity index is 1.48.